The molecular formula is C18H26N2O3. The van der Waals surface area contributed by atoms with Gasteiger partial charge in [0.05, 0.1) is 5.92 Å². The van der Waals surface area contributed by atoms with Gasteiger partial charge in [0, 0.05) is 17.8 Å². The van der Waals surface area contributed by atoms with E-state index in [-0.39, 0.29) is 29.5 Å². The minimum Gasteiger partial charge on any atom is -0.444 e. The number of rotatable bonds is 0. The van der Waals surface area contributed by atoms with Crippen molar-refractivity contribution in [1.29, 1.82) is 0 Å². The third-order valence-corrected chi connectivity index (χ3v) is 6.73. The van der Waals surface area contributed by atoms with Crippen molar-refractivity contribution in [2.45, 2.75) is 44.8 Å². The van der Waals surface area contributed by atoms with E-state index in [1.165, 1.54) is 0 Å². The summed E-state index contributed by atoms with van der Waals surface area (Å²) >= 11 is 0. The van der Waals surface area contributed by atoms with Crippen molar-refractivity contribution in [3.05, 3.63) is 11.6 Å². The molecule has 0 unspecified atom stereocenters. The second kappa shape index (κ2) is 4.90. The quantitative estimate of drug-likeness (QED) is 0.685. The molecule has 3 fully saturated rings. The predicted octanol–water partition coefficient (Wildman–Crippen LogP) is 1.47. The third-order valence-electron chi connectivity index (χ3n) is 6.73. The fourth-order valence-electron chi connectivity index (χ4n) is 5.88. The molecule has 2 aliphatic heterocycles. The van der Waals surface area contributed by atoms with E-state index in [4.69, 9.17) is 10.5 Å². The molecule has 4 rings (SSSR count). The number of hydrogen-bond acceptors (Lipinski definition) is 5. The summed E-state index contributed by atoms with van der Waals surface area (Å²) in [5.41, 5.74) is 6.28. The van der Waals surface area contributed by atoms with E-state index in [2.05, 4.69) is 11.9 Å². The number of ether oxygens (including phenoxy) is 1. The smallest absolute Gasteiger partial charge is 0.311 e. The summed E-state index contributed by atoms with van der Waals surface area (Å²) in [6, 6.07) is 0. The third kappa shape index (κ3) is 1.99. The maximum Gasteiger partial charge on any atom is 0.311 e. The lowest BCUT2D eigenvalue weighted by atomic mass is 9.59. The number of nitrogens with zero attached hydrogens (tertiary/aromatic N) is 1. The van der Waals surface area contributed by atoms with Gasteiger partial charge in [-0.1, -0.05) is 5.57 Å². The zero-order valence-electron chi connectivity index (χ0n) is 14.0. The normalized spacial score (nSPS) is 47.1. The maximum absolute atomic E-state index is 13.2. The van der Waals surface area contributed by atoms with Crippen LogP contribution in [-0.2, 0) is 14.3 Å². The van der Waals surface area contributed by atoms with Gasteiger partial charge in [0.2, 0.25) is 0 Å². The first-order valence-corrected chi connectivity index (χ1v) is 8.79. The predicted molar refractivity (Wildman–Crippen MR) is 85.3 cm³/mol. The topological polar surface area (TPSA) is 72.6 Å². The molecule has 0 aromatic carbocycles. The van der Waals surface area contributed by atoms with Crippen LogP contribution in [0.4, 0.5) is 0 Å². The van der Waals surface area contributed by atoms with Crippen LogP contribution in [0.2, 0.25) is 0 Å². The molecule has 1 spiro atoms. The Kier molecular flexibility index (Phi) is 3.27. The van der Waals surface area contributed by atoms with Crippen LogP contribution in [0.5, 0.6) is 0 Å². The second-order valence-electron chi connectivity index (χ2n) is 8.16. The number of carbonyl (C=O) groups is 2. The highest BCUT2D eigenvalue weighted by atomic mass is 16.6. The van der Waals surface area contributed by atoms with Crippen molar-refractivity contribution in [1.82, 2.24) is 4.90 Å². The highest BCUT2D eigenvalue weighted by molar-refractivity contribution is 5.98. The number of ketones is 1. The van der Waals surface area contributed by atoms with Crippen molar-refractivity contribution in [2.24, 2.45) is 28.9 Å². The standard InChI is InChI=1S/C18H26N2O3/c1-11-8-12-10-18(19)15-13(16(22)23-18)4-7-20(2)6-3-5-17(12,15)14(21)9-11/h9,12-13,15H,3-8,10,19H2,1-2H3/t12-,13-,15+,17+,18-/m0/s1. The van der Waals surface area contributed by atoms with Crippen LogP contribution in [0.1, 0.15) is 39.0 Å². The number of esters is 1. The summed E-state index contributed by atoms with van der Waals surface area (Å²) in [4.78, 5) is 27.9. The van der Waals surface area contributed by atoms with E-state index in [1.807, 2.05) is 13.0 Å². The number of nitrogens with two attached hydrogens (primary N) is 1. The Hall–Kier alpha value is -1.20. The van der Waals surface area contributed by atoms with Gasteiger partial charge in [-0.2, -0.15) is 0 Å². The zero-order chi connectivity index (χ0) is 16.4. The average molecular weight is 318 g/mol. The average Bonchev–Trinajstić information content (AvgIpc) is 2.86. The molecule has 126 valence electrons. The molecule has 0 radical (unpaired) electrons. The lowest BCUT2D eigenvalue weighted by Crippen LogP contribution is -2.50. The summed E-state index contributed by atoms with van der Waals surface area (Å²) < 4.78 is 5.69. The van der Waals surface area contributed by atoms with Crippen LogP contribution in [0, 0.1) is 23.2 Å². The largest absolute Gasteiger partial charge is 0.444 e. The van der Waals surface area contributed by atoms with Crippen molar-refractivity contribution in [3.63, 3.8) is 0 Å². The molecule has 2 aliphatic carbocycles. The van der Waals surface area contributed by atoms with Crippen LogP contribution in [0.15, 0.2) is 11.6 Å². The first-order valence-electron chi connectivity index (χ1n) is 8.79. The summed E-state index contributed by atoms with van der Waals surface area (Å²) in [6.45, 7) is 3.85. The van der Waals surface area contributed by atoms with E-state index in [9.17, 15) is 9.59 Å². The molecule has 5 heteroatoms. The van der Waals surface area contributed by atoms with Gasteiger partial charge >= 0.3 is 5.97 Å². The van der Waals surface area contributed by atoms with E-state index in [1.54, 1.807) is 0 Å². The lowest BCUT2D eigenvalue weighted by Gasteiger charge is -2.42. The van der Waals surface area contributed by atoms with Crippen LogP contribution in [0.3, 0.4) is 0 Å². The minimum absolute atomic E-state index is 0.157. The molecule has 23 heavy (non-hydrogen) atoms. The highest BCUT2D eigenvalue weighted by Gasteiger charge is 2.72. The molecule has 5 nitrogen and oxygen atoms in total. The molecule has 5 atom stereocenters. The van der Waals surface area contributed by atoms with E-state index in [0.29, 0.717) is 6.42 Å². The number of allylic oxidation sites excluding steroid dienone is 2. The Morgan fingerprint density at radius 2 is 2.13 bits per heavy atom. The maximum atomic E-state index is 13.2. The molecule has 2 saturated heterocycles. The van der Waals surface area contributed by atoms with Crippen LogP contribution >= 0.6 is 0 Å². The first-order chi connectivity index (χ1) is 10.9. The van der Waals surface area contributed by atoms with E-state index < -0.39 is 11.1 Å². The zero-order valence-corrected chi connectivity index (χ0v) is 14.0. The molecule has 0 bridgehead atoms. The number of carbonyl (C=O) groups excluding carboxylic acids is 2. The number of hydrogen-bond donors (Lipinski definition) is 1. The Morgan fingerprint density at radius 3 is 2.91 bits per heavy atom. The summed E-state index contributed by atoms with van der Waals surface area (Å²) in [7, 11) is 2.08. The van der Waals surface area contributed by atoms with Crippen molar-refractivity contribution < 1.29 is 14.3 Å². The summed E-state index contributed by atoms with van der Waals surface area (Å²) in [5.74, 6) is -0.174. The molecule has 2 N–H and O–H groups in total. The van der Waals surface area contributed by atoms with Crippen molar-refractivity contribution >= 4 is 11.8 Å². The summed E-state index contributed by atoms with van der Waals surface area (Å²) in [5, 5.41) is 0. The van der Waals surface area contributed by atoms with E-state index >= 15 is 0 Å². The fourth-order valence-corrected chi connectivity index (χ4v) is 5.88. The Balaban J connectivity index is 1.84. The van der Waals surface area contributed by atoms with Crippen LogP contribution < -0.4 is 5.73 Å². The fraction of sp³-hybridized carbons (Fsp3) is 0.778. The molecular weight excluding hydrogens is 292 g/mol. The molecule has 0 amide bonds. The van der Waals surface area contributed by atoms with Gasteiger partial charge in [-0.3, -0.25) is 15.3 Å². The van der Waals surface area contributed by atoms with Crippen LogP contribution in [0.25, 0.3) is 0 Å². The van der Waals surface area contributed by atoms with Gasteiger partial charge in [-0.05, 0) is 64.7 Å². The Labute approximate surface area is 137 Å². The molecule has 0 aromatic rings. The molecule has 1 saturated carbocycles. The minimum atomic E-state index is -0.941. The highest BCUT2D eigenvalue weighted by Crippen LogP contribution is 2.64. The first kappa shape index (κ1) is 15.3. The van der Waals surface area contributed by atoms with Gasteiger partial charge < -0.3 is 9.64 Å². The molecule has 0 aromatic heterocycles. The Morgan fingerprint density at radius 1 is 1.35 bits per heavy atom. The molecule has 4 aliphatic rings. The summed E-state index contributed by atoms with van der Waals surface area (Å²) in [6.07, 6.45) is 5.88. The second-order valence-corrected chi connectivity index (χ2v) is 8.16. The van der Waals surface area contributed by atoms with E-state index in [0.717, 1.165) is 44.3 Å². The van der Waals surface area contributed by atoms with Gasteiger partial charge in [0.25, 0.3) is 0 Å². The van der Waals surface area contributed by atoms with Gasteiger partial charge in [-0.15, -0.1) is 0 Å². The van der Waals surface area contributed by atoms with Gasteiger partial charge in [-0.25, -0.2) is 0 Å². The Bertz CT molecular complexity index is 601. The van der Waals surface area contributed by atoms with Crippen molar-refractivity contribution in [2.75, 3.05) is 20.1 Å². The van der Waals surface area contributed by atoms with Crippen molar-refractivity contribution in [3.8, 4) is 0 Å². The SMILES string of the molecule is CC1=CC(=O)[C@@]23CCCN(C)CC[C@@H]4C(=O)O[C@@](N)(C[C@@H]2C1)[C@H]43. The van der Waals surface area contributed by atoms with Gasteiger partial charge in [0.15, 0.2) is 11.5 Å². The molecule has 2 heterocycles. The van der Waals surface area contributed by atoms with Crippen LogP contribution in [-0.4, -0.2) is 42.5 Å². The monoisotopic (exact) mass is 318 g/mol. The lowest BCUT2D eigenvalue weighted by molar-refractivity contribution is -0.151. The van der Waals surface area contributed by atoms with Gasteiger partial charge in [0.1, 0.15) is 0 Å².